The van der Waals surface area contributed by atoms with Crippen molar-refractivity contribution in [2.75, 3.05) is 13.1 Å². The molecule has 0 bridgehead atoms. The summed E-state index contributed by atoms with van der Waals surface area (Å²) in [5, 5.41) is 1.68. The van der Waals surface area contributed by atoms with Crippen molar-refractivity contribution in [2.24, 2.45) is 0 Å². The van der Waals surface area contributed by atoms with Crippen molar-refractivity contribution in [3.8, 4) is 5.19 Å². The Morgan fingerprint density at radius 2 is 1.90 bits per heavy atom. The van der Waals surface area contributed by atoms with Crippen LogP contribution in [0, 0.1) is 12.7 Å². The van der Waals surface area contributed by atoms with Gasteiger partial charge in [0.25, 0.3) is 5.19 Å². The van der Waals surface area contributed by atoms with E-state index in [1.165, 1.54) is 27.1 Å². The van der Waals surface area contributed by atoms with E-state index >= 15 is 0 Å². The Labute approximate surface area is 173 Å². The SMILES string of the molecule is Cc1ccc(/C=C/S(=O)(=O)N2CCC(Oc3nc4c(F)cccc4s3)CC2)cc1. The van der Waals surface area contributed by atoms with Crippen molar-refractivity contribution in [1.29, 1.82) is 0 Å². The first-order valence-electron chi connectivity index (χ1n) is 9.37. The predicted molar refractivity (Wildman–Crippen MR) is 114 cm³/mol. The van der Waals surface area contributed by atoms with E-state index in [4.69, 9.17) is 4.74 Å². The average molecular weight is 433 g/mol. The van der Waals surface area contributed by atoms with E-state index in [1.807, 2.05) is 31.2 Å². The quantitative estimate of drug-likeness (QED) is 0.592. The molecule has 152 valence electrons. The highest BCUT2D eigenvalue weighted by Crippen LogP contribution is 2.31. The van der Waals surface area contributed by atoms with Crippen LogP contribution >= 0.6 is 11.3 Å². The van der Waals surface area contributed by atoms with Crippen LogP contribution in [0.3, 0.4) is 0 Å². The fourth-order valence-corrected chi connectivity index (χ4v) is 5.34. The molecule has 0 amide bonds. The van der Waals surface area contributed by atoms with Gasteiger partial charge in [-0.05, 0) is 43.5 Å². The van der Waals surface area contributed by atoms with Crippen molar-refractivity contribution in [2.45, 2.75) is 25.9 Å². The monoisotopic (exact) mass is 432 g/mol. The molecule has 0 unspecified atom stereocenters. The molecule has 4 rings (SSSR count). The molecule has 0 aliphatic carbocycles. The van der Waals surface area contributed by atoms with Gasteiger partial charge in [0.05, 0.1) is 4.70 Å². The molecule has 1 aliphatic heterocycles. The summed E-state index contributed by atoms with van der Waals surface area (Å²) in [6.45, 7) is 2.75. The van der Waals surface area contributed by atoms with Gasteiger partial charge in [0.15, 0.2) is 0 Å². The largest absolute Gasteiger partial charge is 0.467 e. The molecule has 8 heteroatoms. The Morgan fingerprint density at radius 1 is 1.17 bits per heavy atom. The van der Waals surface area contributed by atoms with Crippen LogP contribution in [0.4, 0.5) is 4.39 Å². The van der Waals surface area contributed by atoms with Crippen LogP contribution in [0.15, 0.2) is 47.9 Å². The first-order valence-corrected chi connectivity index (χ1v) is 11.7. The number of rotatable bonds is 5. The van der Waals surface area contributed by atoms with Crippen LogP contribution < -0.4 is 4.74 Å². The highest BCUT2D eigenvalue weighted by molar-refractivity contribution is 7.92. The van der Waals surface area contributed by atoms with Crippen molar-refractivity contribution < 1.29 is 17.5 Å². The summed E-state index contributed by atoms with van der Waals surface area (Å²) in [6.07, 6.45) is 2.62. The van der Waals surface area contributed by atoms with Crippen LogP contribution in [0.1, 0.15) is 24.0 Å². The number of ether oxygens (including phenoxy) is 1. The minimum Gasteiger partial charge on any atom is -0.467 e. The fraction of sp³-hybridized carbons (Fsp3) is 0.286. The zero-order valence-electron chi connectivity index (χ0n) is 15.9. The summed E-state index contributed by atoms with van der Waals surface area (Å²) in [5.41, 5.74) is 2.29. The number of hydrogen-bond donors (Lipinski definition) is 0. The minimum absolute atomic E-state index is 0.133. The summed E-state index contributed by atoms with van der Waals surface area (Å²) in [4.78, 5) is 4.22. The van der Waals surface area contributed by atoms with Crippen LogP contribution in [0.5, 0.6) is 5.19 Å². The number of sulfonamides is 1. The number of fused-ring (bicyclic) bond motifs is 1. The molecule has 2 heterocycles. The lowest BCUT2D eigenvalue weighted by atomic mass is 10.1. The number of hydrogen-bond acceptors (Lipinski definition) is 5. The van der Waals surface area contributed by atoms with E-state index in [-0.39, 0.29) is 11.9 Å². The van der Waals surface area contributed by atoms with Gasteiger partial charge in [-0.3, -0.25) is 0 Å². The molecule has 1 aliphatic rings. The molecule has 1 fully saturated rings. The third-order valence-electron chi connectivity index (χ3n) is 4.89. The van der Waals surface area contributed by atoms with Gasteiger partial charge < -0.3 is 4.74 Å². The highest BCUT2D eigenvalue weighted by atomic mass is 32.2. The zero-order valence-corrected chi connectivity index (χ0v) is 17.5. The van der Waals surface area contributed by atoms with Gasteiger partial charge in [0, 0.05) is 18.5 Å². The molecule has 29 heavy (non-hydrogen) atoms. The molecule has 0 atom stereocenters. The van der Waals surface area contributed by atoms with E-state index in [0.29, 0.717) is 36.6 Å². The Morgan fingerprint density at radius 3 is 2.59 bits per heavy atom. The molecule has 2 aromatic carbocycles. The third kappa shape index (κ3) is 4.66. The van der Waals surface area contributed by atoms with Crippen molar-refractivity contribution in [3.63, 3.8) is 0 Å². The van der Waals surface area contributed by atoms with Crippen molar-refractivity contribution >= 4 is 37.7 Å². The number of piperidine rings is 1. The standard InChI is InChI=1S/C21H21FN2O3S2/c1-15-5-7-16(8-6-15)11-14-29(25,26)24-12-9-17(10-13-24)27-21-23-20-18(22)3-2-4-19(20)28-21/h2-8,11,14,17H,9-10,12-13H2,1H3/b14-11+. The molecule has 0 saturated carbocycles. The molecular weight excluding hydrogens is 411 g/mol. The molecule has 0 spiro atoms. The predicted octanol–water partition coefficient (Wildman–Crippen LogP) is 4.59. The summed E-state index contributed by atoms with van der Waals surface area (Å²) < 4.78 is 47.1. The van der Waals surface area contributed by atoms with Gasteiger partial charge in [-0.2, -0.15) is 9.29 Å². The molecule has 1 aromatic heterocycles. The van der Waals surface area contributed by atoms with Gasteiger partial charge in [0.1, 0.15) is 17.4 Å². The van der Waals surface area contributed by atoms with Crippen molar-refractivity contribution in [3.05, 3.63) is 64.8 Å². The molecule has 1 saturated heterocycles. The first-order chi connectivity index (χ1) is 13.9. The van der Waals surface area contributed by atoms with Crippen LogP contribution in [-0.2, 0) is 10.0 Å². The smallest absolute Gasteiger partial charge is 0.274 e. The Kier molecular flexibility index (Phi) is 5.67. The molecule has 3 aromatic rings. The number of para-hydroxylation sites is 1. The summed E-state index contributed by atoms with van der Waals surface area (Å²) in [5.74, 6) is -0.366. The topological polar surface area (TPSA) is 59.5 Å². The van der Waals surface area contributed by atoms with Gasteiger partial charge in [-0.1, -0.05) is 47.2 Å². The lowest BCUT2D eigenvalue weighted by molar-refractivity contribution is 0.135. The maximum atomic E-state index is 13.8. The van der Waals surface area contributed by atoms with Crippen LogP contribution in [0.25, 0.3) is 16.3 Å². The van der Waals surface area contributed by atoms with Gasteiger partial charge in [0.2, 0.25) is 10.0 Å². The second-order valence-corrected chi connectivity index (χ2v) is 9.85. The van der Waals surface area contributed by atoms with Crippen LogP contribution in [-0.4, -0.2) is 36.9 Å². The van der Waals surface area contributed by atoms with E-state index in [9.17, 15) is 12.8 Å². The minimum atomic E-state index is -3.48. The second-order valence-electron chi connectivity index (χ2n) is 7.04. The normalized spacial score (nSPS) is 16.6. The fourth-order valence-electron chi connectivity index (χ4n) is 3.22. The maximum absolute atomic E-state index is 13.8. The molecule has 0 radical (unpaired) electrons. The molecule has 0 N–H and O–H groups in total. The van der Waals surface area contributed by atoms with E-state index < -0.39 is 10.0 Å². The Bertz CT molecular complexity index is 1130. The number of aryl methyl sites for hydroxylation is 1. The highest BCUT2D eigenvalue weighted by Gasteiger charge is 2.28. The lowest BCUT2D eigenvalue weighted by Crippen LogP contribution is -2.40. The number of halogens is 1. The first kappa shape index (κ1) is 20.0. The summed E-state index contributed by atoms with van der Waals surface area (Å²) >= 11 is 1.30. The number of thiazole rings is 1. The Balaban J connectivity index is 1.36. The third-order valence-corrected chi connectivity index (χ3v) is 7.36. The van der Waals surface area contributed by atoms with Crippen molar-refractivity contribution in [1.82, 2.24) is 9.29 Å². The van der Waals surface area contributed by atoms with Gasteiger partial charge in [-0.15, -0.1) is 0 Å². The number of benzene rings is 2. The summed E-state index contributed by atoms with van der Waals surface area (Å²) in [6, 6.07) is 12.5. The zero-order chi connectivity index (χ0) is 20.4. The van der Waals surface area contributed by atoms with Gasteiger partial charge in [-0.25, -0.2) is 12.8 Å². The maximum Gasteiger partial charge on any atom is 0.274 e. The average Bonchev–Trinajstić information content (AvgIpc) is 3.12. The number of aromatic nitrogens is 1. The van der Waals surface area contributed by atoms with E-state index in [2.05, 4.69) is 4.98 Å². The second kappa shape index (κ2) is 8.22. The van der Waals surface area contributed by atoms with E-state index in [1.54, 1.807) is 18.2 Å². The lowest BCUT2D eigenvalue weighted by Gasteiger charge is -2.29. The van der Waals surface area contributed by atoms with E-state index in [0.717, 1.165) is 15.8 Å². The van der Waals surface area contributed by atoms with Gasteiger partial charge >= 0.3 is 0 Å². The molecular formula is C21H21FN2O3S2. The Hall–Kier alpha value is -2.29. The summed E-state index contributed by atoms with van der Waals surface area (Å²) in [7, 11) is -3.48. The number of nitrogens with zero attached hydrogens (tertiary/aromatic N) is 2. The van der Waals surface area contributed by atoms with Crippen LogP contribution in [0.2, 0.25) is 0 Å². The molecule has 5 nitrogen and oxygen atoms in total.